The zero-order valence-corrected chi connectivity index (χ0v) is 38.4. The Hall–Kier alpha value is -3.43. The van der Waals surface area contributed by atoms with Crippen molar-refractivity contribution in [3.8, 4) is 0 Å². The maximum absolute atomic E-state index is 14.3. The second-order valence-corrected chi connectivity index (χ2v) is 17.8. The van der Waals surface area contributed by atoms with Crippen molar-refractivity contribution in [3.63, 3.8) is 0 Å². The number of benzene rings is 1. The molecule has 1 aromatic carbocycles. The van der Waals surface area contributed by atoms with Gasteiger partial charge in [-0.1, -0.05) is 78.3 Å². The van der Waals surface area contributed by atoms with Gasteiger partial charge in [0.15, 0.2) is 5.78 Å². The highest BCUT2D eigenvalue weighted by Gasteiger charge is 2.42. The zero-order chi connectivity index (χ0) is 44.7. The Bertz CT molecular complexity index is 1500. The number of hydrogen-bond acceptors (Lipinski definition) is 10. The fourth-order valence-corrected chi connectivity index (χ4v) is 9.00. The van der Waals surface area contributed by atoms with Crippen LogP contribution in [-0.2, 0) is 44.7 Å². The molecule has 0 aromatic heterocycles. The van der Waals surface area contributed by atoms with Crippen LogP contribution < -0.4 is 10.6 Å². The first-order valence-corrected chi connectivity index (χ1v) is 22.3. The van der Waals surface area contributed by atoms with Crippen LogP contribution in [0.25, 0.3) is 0 Å². The van der Waals surface area contributed by atoms with Gasteiger partial charge in [0.2, 0.25) is 17.7 Å². The van der Waals surface area contributed by atoms with Crippen molar-refractivity contribution >= 4 is 29.4 Å². The molecule has 2 aliphatic heterocycles. The average molecular weight is 844 g/mol. The summed E-state index contributed by atoms with van der Waals surface area (Å²) in [7, 11) is 6.63. The minimum Gasteiger partial charge on any atom is -0.391 e. The Morgan fingerprint density at radius 2 is 1.58 bits per heavy atom. The van der Waals surface area contributed by atoms with Crippen LogP contribution in [-0.4, -0.2) is 140 Å². The number of aliphatic hydroxyl groups excluding tert-OH is 1. The number of carbonyl (C=O) groups excluding carboxylic acids is 5. The first-order valence-electron chi connectivity index (χ1n) is 22.3. The predicted octanol–water partition coefficient (Wildman–Crippen LogP) is 4.41. The number of Topliss-reactive ketones (excluding diaryl/α,β-unsaturated/α-hetero) is 1. The molecule has 14 nitrogen and oxygen atoms in total. The minimum absolute atomic E-state index is 0.0217. The third-order valence-electron chi connectivity index (χ3n) is 12.8. The van der Waals surface area contributed by atoms with Crippen LogP contribution in [0.4, 0.5) is 0 Å². The summed E-state index contributed by atoms with van der Waals surface area (Å²) < 4.78 is 12.1. The van der Waals surface area contributed by atoms with Crippen LogP contribution in [0, 0.1) is 29.6 Å². The lowest BCUT2D eigenvalue weighted by Crippen LogP contribution is -2.55. The first-order chi connectivity index (χ1) is 28.5. The van der Waals surface area contributed by atoms with Crippen LogP contribution in [0.15, 0.2) is 30.3 Å². The Morgan fingerprint density at radius 1 is 0.900 bits per heavy atom. The maximum atomic E-state index is 14.3. The molecule has 340 valence electrons. The Kier molecular flexibility index (Phi) is 21.1. The molecule has 2 unspecified atom stereocenters. The normalized spacial score (nSPS) is 21.0. The zero-order valence-electron chi connectivity index (χ0n) is 38.4. The van der Waals surface area contributed by atoms with E-state index in [0.29, 0.717) is 45.4 Å². The van der Waals surface area contributed by atoms with Gasteiger partial charge in [-0.2, -0.15) is 0 Å². The number of hydrogen-bond donors (Lipinski definition) is 3. The van der Waals surface area contributed by atoms with Crippen molar-refractivity contribution in [3.05, 3.63) is 35.9 Å². The quantitative estimate of drug-likeness (QED) is 0.136. The fraction of sp³-hybridized carbons (Fsp3) is 0.761. The van der Waals surface area contributed by atoms with Crippen molar-refractivity contribution in [2.75, 3.05) is 48.0 Å². The van der Waals surface area contributed by atoms with E-state index in [2.05, 4.69) is 24.5 Å². The van der Waals surface area contributed by atoms with Crippen LogP contribution >= 0.6 is 0 Å². The van der Waals surface area contributed by atoms with Crippen molar-refractivity contribution < 1.29 is 43.4 Å². The van der Waals surface area contributed by atoms with Gasteiger partial charge in [-0.25, -0.2) is 5.06 Å². The molecule has 0 spiro atoms. The van der Waals surface area contributed by atoms with E-state index in [9.17, 15) is 29.1 Å². The van der Waals surface area contributed by atoms with Gasteiger partial charge in [-0.3, -0.25) is 33.7 Å². The summed E-state index contributed by atoms with van der Waals surface area (Å²) in [6.07, 6.45) is 3.70. The second-order valence-electron chi connectivity index (χ2n) is 17.8. The summed E-state index contributed by atoms with van der Waals surface area (Å²) >= 11 is 0. The molecule has 3 rings (SSSR count). The van der Waals surface area contributed by atoms with Crippen LogP contribution in [0.3, 0.4) is 0 Å². The Morgan fingerprint density at radius 3 is 2.13 bits per heavy atom. The van der Waals surface area contributed by atoms with E-state index < -0.39 is 42.4 Å². The Balaban J connectivity index is 1.72. The SMILES string of the molecule is CC[C@H](C)C(CCC(C)C(=O)[C@@H](NC(=O)[C@H]([C@@H](C)O)N(C)C)C(C)C)[C@@H](CC(=O)N1CCC[C@H]1[C@H](OC)[C@@H](C)C(=O)N[C@@H](Cc1ccccc1)C(=O)N1CCCCO1)OC. The van der Waals surface area contributed by atoms with Crippen LogP contribution in [0.5, 0.6) is 0 Å². The number of hydroxylamine groups is 2. The summed E-state index contributed by atoms with van der Waals surface area (Å²) in [5, 5.41) is 17.5. The monoisotopic (exact) mass is 844 g/mol. The van der Waals surface area contributed by atoms with E-state index in [4.69, 9.17) is 14.3 Å². The molecule has 1 aromatic rings. The van der Waals surface area contributed by atoms with Crippen molar-refractivity contribution in [1.29, 1.82) is 0 Å². The van der Waals surface area contributed by atoms with E-state index in [1.165, 1.54) is 5.06 Å². The molecule has 2 saturated heterocycles. The van der Waals surface area contributed by atoms with Crippen LogP contribution in [0.2, 0.25) is 0 Å². The molecule has 2 fully saturated rings. The minimum atomic E-state index is -0.913. The highest BCUT2D eigenvalue weighted by atomic mass is 16.7. The summed E-state index contributed by atoms with van der Waals surface area (Å²) in [6.45, 7) is 14.7. The topological polar surface area (TPSA) is 167 Å². The number of nitrogens with zero attached hydrogens (tertiary/aromatic N) is 3. The van der Waals surface area contributed by atoms with Gasteiger partial charge >= 0.3 is 0 Å². The van der Waals surface area contributed by atoms with Gasteiger partial charge in [0.1, 0.15) is 12.1 Å². The summed E-state index contributed by atoms with van der Waals surface area (Å²) in [4.78, 5) is 78.1. The molecule has 2 aliphatic rings. The lowest BCUT2D eigenvalue weighted by Gasteiger charge is -2.37. The van der Waals surface area contributed by atoms with Crippen molar-refractivity contribution in [1.82, 2.24) is 25.5 Å². The number of rotatable bonds is 24. The Labute approximate surface area is 359 Å². The lowest BCUT2D eigenvalue weighted by atomic mass is 9.79. The van der Waals surface area contributed by atoms with Crippen molar-refractivity contribution in [2.24, 2.45) is 29.6 Å². The molecule has 14 heteroatoms. The van der Waals surface area contributed by atoms with E-state index in [1.54, 1.807) is 47.1 Å². The summed E-state index contributed by atoms with van der Waals surface area (Å²) in [5.74, 6) is -2.16. The van der Waals surface area contributed by atoms with Gasteiger partial charge in [-0.15, -0.1) is 0 Å². The van der Waals surface area contributed by atoms with Gasteiger partial charge in [-0.05, 0) is 82.9 Å². The van der Waals surface area contributed by atoms with Gasteiger partial charge in [0.25, 0.3) is 5.91 Å². The number of aliphatic hydroxyl groups is 1. The van der Waals surface area contributed by atoms with Crippen LogP contribution in [0.1, 0.15) is 105 Å². The molecule has 0 bridgehead atoms. The molecule has 0 aliphatic carbocycles. The predicted molar refractivity (Wildman–Crippen MR) is 231 cm³/mol. The number of nitrogens with one attached hydrogen (secondary N) is 2. The second kappa shape index (κ2) is 24.9. The molecule has 2 heterocycles. The number of likely N-dealkylation sites (N-methyl/N-ethyl adjacent to an activating group) is 1. The van der Waals surface area contributed by atoms with Gasteiger partial charge in [0, 0.05) is 39.6 Å². The highest BCUT2D eigenvalue weighted by molar-refractivity contribution is 5.92. The van der Waals surface area contributed by atoms with Gasteiger partial charge in [0.05, 0.1) is 49.3 Å². The molecule has 11 atom stereocenters. The molecule has 60 heavy (non-hydrogen) atoms. The molecular formula is C46H77N5O9. The summed E-state index contributed by atoms with van der Waals surface area (Å²) in [6, 6.07) is 6.89. The average Bonchev–Trinajstić information content (AvgIpc) is 3.71. The van der Waals surface area contributed by atoms with Crippen molar-refractivity contribution in [2.45, 2.75) is 149 Å². The largest absolute Gasteiger partial charge is 0.391 e. The lowest BCUT2D eigenvalue weighted by molar-refractivity contribution is -0.199. The number of likely N-dealkylation sites (tertiary alicyclic amines) is 1. The number of methoxy groups -OCH3 is 2. The molecule has 4 amide bonds. The molecular weight excluding hydrogens is 767 g/mol. The molecule has 0 radical (unpaired) electrons. The van der Waals surface area contributed by atoms with E-state index in [1.807, 2.05) is 56.0 Å². The number of carbonyl (C=O) groups is 5. The number of amides is 4. The third-order valence-corrected chi connectivity index (χ3v) is 12.8. The first kappa shape index (κ1) is 50.9. The van der Waals surface area contributed by atoms with E-state index >= 15 is 0 Å². The summed E-state index contributed by atoms with van der Waals surface area (Å²) in [5.41, 5.74) is 0.914. The smallest absolute Gasteiger partial charge is 0.269 e. The third kappa shape index (κ3) is 14.1. The molecule has 0 saturated carbocycles. The number of ether oxygens (including phenoxy) is 2. The maximum Gasteiger partial charge on any atom is 0.269 e. The number of ketones is 1. The van der Waals surface area contributed by atoms with E-state index in [-0.39, 0.29) is 65.5 Å². The fourth-order valence-electron chi connectivity index (χ4n) is 9.00. The van der Waals surface area contributed by atoms with Gasteiger partial charge < -0.3 is 30.1 Å². The molecule has 3 N–H and O–H groups in total. The van der Waals surface area contributed by atoms with E-state index in [0.717, 1.165) is 31.2 Å². The highest BCUT2D eigenvalue weighted by Crippen LogP contribution is 2.33. The standard InChI is InChI=1S/C46H77N5O9/c1-12-30(4)35(23-22-31(5)42(54)40(29(2)3)48-45(56)41(33(7)52)49(8)9)38(58-10)28-39(53)50-24-18-21-37(50)43(59-11)32(6)44(55)47-36(27-34-19-14-13-15-20-34)46(57)51-25-16-17-26-60-51/h13-15,19-20,29-33,35-38,40-41,43,52H,12,16-18,21-28H2,1-11H3,(H,47,55)(H,48,56)/t30-,31?,32+,33+,35?,36-,37-,38+,40-,41-,43+/m0/s1.